The van der Waals surface area contributed by atoms with E-state index in [0.29, 0.717) is 33.7 Å². The number of nitrogens with zero attached hydrogens (tertiary/aromatic N) is 3. The molecule has 2 unspecified atom stereocenters. The smallest absolute Gasteiger partial charge is 0.273 e. The summed E-state index contributed by atoms with van der Waals surface area (Å²) >= 11 is 7.78. The molecule has 166 valence electrons. The summed E-state index contributed by atoms with van der Waals surface area (Å²) < 4.78 is 13.0. The van der Waals surface area contributed by atoms with Crippen LogP contribution in [0.4, 0.5) is 5.13 Å². The van der Waals surface area contributed by atoms with Gasteiger partial charge >= 0.3 is 0 Å². The van der Waals surface area contributed by atoms with Gasteiger partial charge in [0.15, 0.2) is 16.6 Å². The average Bonchev–Trinajstić information content (AvgIpc) is 3.15. The lowest BCUT2D eigenvalue weighted by Gasteiger charge is -2.33. The van der Waals surface area contributed by atoms with Crippen molar-refractivity contribution in [3.63, 3.8) is 0 Å². The second kappa shape index (κ2) is 10.0. The number of aromatic nitrogens is 1. The summed E-state index contributed by atoms with van der Waals surface area (Å²) in [5.74, 6) is 1.07. The second-order valence-corrected chi connectivity index (χ2v) is 8.95. The maximum Gasteiger partial charge on any atom is 0.273 e. The van der Waals surface area contributed by atoms with Crippen LogP contribution in [0.5, 0.6) is 11.5 Å². The minimum Gasteiger partial charge on any atom is -0.482 e. The molecule has 0 aliphatic carbocycles. The van der Waals surface area contributed by atoms with Crippen molar-refractivity contribution in [1.82, 2.24) is 9.88 Å². The van der Waals surface area contributed by atoms with Crippen LogP contribution in [0.25, 0.3) is 10.2 Å². The SMILES string of the molecule is CC1Oc2ccccc2OC1C(=O)N(CCCN(C)C)c1nc2c(Cl)cccc2s1.Cl. The molecular formula is C22H25Cl2N3O3S. The van der Waals surface area contributed by atoms with Gasteiger partial charge in [0.2, 0.25) is 6.10 Å². The Morgan fingerprint density at radius 3 is 2.48 bits per heavy atom. The van der Waals surface area contributed by atoms with Crippen LogP contribution < -0.4 is 14.4 Å². The van der Waals surface area contributed by atoms with Crippen molar-refractivity contribution in [3.05, 3.63) is 47.5 Å². The third kappa shape index (κ3) is 5.06. The molecule has 0 spiro atoms. The molecule has 0 bridgehead atoms. The lowest BCUT2D eigenvalue weighted by atomic mass is 10.1. The monoisotopic (exact) mass is 481 g/mol. The standard InChI is InChI=1S/C22H24ClN3O3S.ClH/c1-14-20(29-17-10-5-4-9-16(17)28-14)21(27)26(13-7-12-25(2)3)22-24-19-15(23)8-6-11-18(19)30-22;/h4-6,8-11,14,20H,7,12-13H2,1-3H3;1H. The van der Waals surface area contributed by atoms with Crippen molar-refractivity contribution >= 4 is 56.6 Å². The number of carbonyl (C=O) groups excluding carboxylic acids is 1. The van der Waals surface area contributed by atoms with Crippen LogP contribution in [0.15, 0.2) is 42.5 Å². The molecule has 0 fully saturated rings. The zero-order chi connectivity index (χ0) is 21.3. The molecule has 2 aromatic carbocycles. The van der Waals surface area contributed by atoms with Crippen LogP contribution in [-0.2, 0) is 4.79 Å². The van der Waals surface area contributed by atoms with Gasteiger partial charge in [-0.3, -0.25) is 9.69 Å². The highest BCUT2D eigenvalue weighted by Gasteiger charge is 2.38. The molecule has 0 saturated heterocycles. The van der Waals surface area contributed by atoms with Gasteiger partial charge in [-0.2, -0.15) is 0 Å². The van der Waals surface area contributed by atoms with Gasteiger partial charge in [-0.1, -0.05) is 41.1 Å². The predicted octanol–water partition coefficient (Wildman–Crippen LogP) is 4.88. The molecule has 4 rings (SSSR count). The van der Waals surface area contributed by atoms with E-state index < -0.39 is 12.2 Å². The number of carbonyl (C=O) groups is 1. The molecule has 1 aliphatic heterocycles. The number of amides is 1. The maximum absolute atomic E-state index is 13.6. The van der Waals surface area contributed by atoms with Gasteiger partial charge in [-0.05, 0) is 58.3 Å². The molecule has 2 atom stereocenters. The van der Waals surface area contributed by atoms with Crippen molar-refractivity contribution < 1.29 is 14.3 Å². The van der Waals surface area contributed by atoms with E-state index in [4.69, 9.17) is 21.1 Å². The number of hydrogen-bond donors (Lipinski definition) is 0. The first kappa shape index (κ1) is 23.6. The number of para-hydroxylation sites is 3. The molecule has 0 radical (unpaired) electrons. The molecule has 0 N–H and O–H groups in total. The van der Waals surface area contributed by atoms with Gasteiger partial charge in [0.25, 0.3) is 5.91 Å². The molecule has 2 heterocycles. The maximum atomic E-state index is 13.6. The molecule has 1 amide bonds. The van der Waals surface area contributed by atoms with E-state index >= 15 is 0 Å². The Morgan fingerprint density at radius 2 is 1.81 bits per heavy atom. The fourth-order valence-corrected chi connectivity index (χ4v) is 4.70. The number of rotatable bonds is 6. The highest BCUT2D eigenvalue weighted by atomic mass is 35.5. The van der Waals surface area contributed by atoms with Crippen molar-refractivity contribution in [2.75, 3.05) is 32.1 Å². The number of fused-ring (bicyclic) bond motifs is 2. The normalized spacial score (nSPS) is 17.5. The fourth-order valence-electron chi connectivity index (χ4n) is 3.41. The summed E-state index contributed by atoms with van der Waals surface area (Å²) in [4.78, 5) is 22.1. The highest BCUT2D eigenvalue weighted by molar-refractivity contribution is 7.22. The van der Waals surface area contributed by atoms with Crippen molar-refractivity contribution in [3.8, 4) is 11.5 Å². The summed E-state index contributed by atoms with van der Waals surface area (Å²) in [5, 5.41) is 1.20. The van der Waals surface area contributed by atoms with Crippen LogP contribution in [0, 0.1) is 0 Å². The molecule has 1 aromatic heterocycles. The van der Waals surface area contributed by atoms with Crippen LogP contribution in [-0.4, -0.2) is 55.2 Å². The van der Waals surface area contributed by atoms with Crippen LogP contribution >= 0.6 is 35.3 Å². The zero-order valence-electron chi connectivity index (χ0n) is 17.6. The first-order chi connectivity index (χ1) is 14.4. The van der Waals surface area contributed by atoms with Crippen molar-refractivity contribution in [2.24, 2.45) is 0 Å². The quantitative estimate of drug-likeness (QED) is 0.501. The minimum atomic E-state index is -0.748. The van der Waals surface area contributed by atoms with E-state index in [2.05, 4.69) is 9.88 Å². The van der Waals surface area contributed by atoms with E-state index in [9.17, 15) is 4.79 Å². The Labute approximate surface area is 197 Å². The summed E-state index contributed by atoms with van der Waals surface area (Å²) in [7, 11) is 4.03. The minimum absolute atomic E-state index is 0. The molecular weight excluding hydrogens is 457 g/mol. The van der Waals surface area contributed by atoms with Crippen LogP contribution in [0.2, 0.25) is 5.02 Å². The van der Waals surface area contributed by atoms with E-state index in [1.54, 1.807) is 4.90 Å². The molecule has 3 aromatic rings. The van der Waals surface area contributed by atoms with Gasteiger partial charge in [-0.25, -0.2) is 4.98 Å². The summed E-state index contributed by atoms with van der Waals surface area (Å²) in [6, 6.07) is 13.1. The van der Waals surface area contributed by atoms with Crippen molar-refractivity contribution in [1.29, 1.82) is 0 Å². The largest absolute Gasteiger partial charge is 0.482 e. The van der Waals surface area contributed by atoms with E-state index in [1.165, 1.54) is 11.3 Å². The third-order valence-electron chi connectivity index (χ3n) is 4.93. The summed E-state index contributed by atoms with van der Waals surface area (Å²) in [6.45, 7) is 3.24. The second-order valence-electron chi connectivity index (χ2n) is 7.54. The van der Waals surface area contributed by atoms with E-state index in [1.807, 2.05) is 63.5 Å². The fraction of sp³-hybridized carbons (Fsp3) is 0.364. The Kier molecular flexibility index (Phi) is 7.64. The lowest BCUT2D eigenvalue weighted by Crippen LogP contribution is -2.51. The third-order valence-corrected chi connectivity index (χ3v) is 6.28. The molecule has 6 nitrogen and oxygen atoms in total. The Hall–Kier alpha value is -2.06. The number of anilines is 1. The van der Waals surface area contributed by atoms with Crippen LogP contribution in [0.1, 0.15) is 13.3 Å². The summed E-state index contributed by atoms with van der Waals surface area (Å²) in [5.41, 5.74) is 0.712. The Balaban J connectivity index is 0.00000272. The van der Waals surface area contributed by atoms with Gasteiger partial charge in [0.05, 0.1) is 9.72 Å². The Bertz CT molecular complexity index is 1060. The first-order valence-electron chi connectivity index (χ1n) is 9.87. The number of benzene rings is 2. The van der Waals surface area contributed by atoms with Gasteiger partial charge in [0.1, 0.15) is 11.6 Å². The highest BCUT2D eigenvalue weighted by Crippen LogP contribution is 2.36. The van der Waals surface area contributed by atoms with Crippen molar-refractivity contribution in [2.45, 2.75) is 25.6 Å². The van der Waals surface area contributed by atoms with E-state index in [0.717, 1.165) is 17.7 Å². The number of thiazole rings is 1. The van der Waals surface area contributed by atoms with E-state index in [-0.39, 0.29) is 18.3 Å². The van der Waals surface area contributed by atoms with Crippen LogP contribution in [0.3, 0.4) is 0 Å². The number of hydrogen-bond acceptors (Lipinski definition) is 6. The topological polar surface area (TPSA) is 54.9 Å². The lowest BCUT2D eigenvalue weighted by molar-refractivity contribution is -0.130. The number of halogens is 2. The average molecular weight is 482 g/mol. The van der Waals surface area contributed by atoms with Gasteiger partial charge in [-0.15, -0.1) is 12.4 Å². The summed E-state index contributed by atoms with van der Waals surface area (Å²) in [6.07, 6.45) is -0.357. The first-order valence-corrected chi connectivity index (χ1v) is 11.1. The molecule has 31 heavy (non-hydrogen) atoms. The zero-order valence-corrected chi connectivity index (χ0v) is 20.0. The molecule has 1 aliphatic rings. The number of ether oxygens (including phenoxy) is 2. The van der Waals surface area contributed by atoms with Gasteiger partial charge < -0.3 is 14.4 Å². The predicted molar refractivity (Wildman–Crippen MR) is 128 cm³/mol. The van der Waals surface area contributed by atoms with Gasteiger partial charge in [0, 0.05) is 6.54 Å². The molecule has 9 heteroatoms. The Morgan fingerprint density at radius 1 is 1.10 bits per heavy atom. The molecule has 0 saturated carbocycles.